The van der Waals surface area contributed by atoms with E-state index in [1.54, 1.807) is 30.5 Å². The van der Waals surface area contributed by atoms with Crippen LogP contribution in [0.15, 0.2) is 48.7 Å². The molecular weight excluding hydrogens is 410 g/mol. The molecule has 1 saturated heterocycles. The lowest BCUT2D eigenvalue weighted by Crippen LogP contribution is -2.39. The Morgan fingerprint density at radius 2 is 1.87 bits per heavy atom. The van der Waals surface area contributed by atoms with E-state index >= 15 is 0 Å². The number of benzene rings is 2. The maximum atomic E-state index is 12.7. The predicted octanol–water partition coefficient (Wildman–Crippen LogP) is 2.91. The summed E-state index contributed by atoms with van der Waals surface area (Å²) < 4.78 is 3.07. The molecule has 158 valence electrons. The van der Waals surface area contributed by atoms with Gasteiger partial charge >= 0.3 is 0 Å². The molecule has 1 fully saturated rings. The van der Waals surface area contributed by atoms with Crippen LogP contribution in [-0.4, -0.2) is 47.4 Å². The van der Waals surface area contributed by atoms with Crippen LogP contribution >= 0.6 is 11.3 Å². The Kier molecular flexibility index (Phi) is 4.95. The van der Waals surface area contributed by atoms with Gasteiger partial charge in [0.1, 0.15) is 0 Å². The molecule has 4 aromatic rings. The molecule has 31 heavy (non-hydrogen) atoms. The second-order valence-corrected chi connectivity index (χ2v) is 8.94. The Balaban J connectivity index is 1.41. The van der Waals surface area contributed by atoms with E-state index in [-0.39, 0.29) is 17.9 Å². The molecular formula is C23H23N5O2S. The summed E-state index contributed by atoms with van der Waals surface area (Å²) in [7, 11) is 1.62. The molecule has 1 aliphatic rings. The van der Waals surface area contributed by atoms with Crippen molar-refractivity contribution in [2.24, 2.45) is 5.92 Å². The minimum atomic E-state index is -0.109. The van der Waals surface area contributed by atoms with Gasteiger partial charge in [-0.15, -0.1) is 0 Å². The summed E-state index contributed by atoms with van der Waals surface area (Å²) in [5, 5.41) is 9.07. The fraction of sp³-hybridized carbons (Fsp3) is 0.261. The summed E-state index contributed by atoms with van der Waals surface area (Å²) in [5.74, 6) is 0.286. The lowest BCUT2D eigenvalue weighted by molar-refractivity contribution is 0.0931. The van der Waals surface area contributed by atoms with Crippen molar-refractivity contribution >= 4 is 38.3 Å². The molecule has 1 unspecified atom stereocenters. The highest BCUT2D eigenvalue weighted by Gasteiger charge is 2.25. The number of carbonyl (C=O) groups excluding carboxylic acids is 2. The average molecular weight is 434 g/mol. The Hall–Kier alpha value is -3.23. The quantitative estimate of drug-likeness (QED) is 0.462. The van der Waals surface area contributed by atoms with Gasteiger partial charge in [-0.3, -0.25) is 14.0 Å². The topological polar surface area (TPSA) is 87.5 Å². The molecule has 0 aliphatic carbocycles. The molecule has 0 bridgehead atoms. The smallest absolute Gasteiger partial charge is 0.251 e. The van der Waals surface area contributed by atoms with Crippen LogP contribution in [-0.2, 0) is 0 Å². The summed E-state index contributed by atoms with van der Waals surface area (Å²) >= 11 is 1.56. The minimum Gasteiger partial charge on any atom is -0.355 e. The number of amides is 2. The Morgan fingerprint density at radius 1 is 1.10 bits per heavy atom. The highest BCUT2D eigenvalue weighted by molar-refractivity contribution is 7.23. The maximum Gasteiger partial charge on any atom is 0.251 e. The van der Waals surface area contributed by atoms with Crippen LogP contribution in [0.25, 0.3) is 26.4 Å². The van der Waals surface area contributed by atoms with E-state index in [0.29, 0.717) is 17.0 Å². The van der Waals surface area contributed by atoms with Crippen molar-refractivity contribution in [3.63, 3.8) is 0 Å². The molecule has 3 heterocycles. The molecule has 7 nitrogen and oxygen atoms in total. The van der Waals surface area contributed by atoms with Gasteiger partial charge in [-0.2, -0.15) is 0 Å². The van der Waals surface area contributed by atoms with E-state index in [4.69, 9.17) is 4.98 Å². The van der Waals surface area contributed by atoms with Crippen LogP contribution < -0.4 is 16.0 Å². The summed E-state index contributed by atoms with van der Waals surface area (Å²) in [5.41, 5.74) is 4.11. The molecule has 5 rings (SSSR count). The molecule has 0 saturated carbocycles. The van der Waals surface area contributed by atoms with Gasteiger partial charge < -0.3 is 16.0 Å². The first-order valence-corrected chi connectivity index (χ1v) is 11.1. The lowest BCUT2D eigenvalue weighted by Gasteiger charge is -2.16. The van der Waals surface area contributed by atoms with Crippen LogP contribution in [0.2, 0.25) is 0 Å². The van der Waals surface area contributed by atoms with Gasteiger partial charge in [-0.25, -0.2) is 4.98 Å². The number of hydrogen-bond donors (Lipinski definition) is 3. The highest BCUT2D eigenvalue weighted by atomic mass is 32.1. The Labute approximate surface area is 183 Å². The van der Waals surface area contributed by atoms with Gasteiger partial charge in [-0.1, -0.05) is 30.4 Å². The van der Waals surface area contributed by atoms with Crippen molar-refractivity contribution in [1.29, 1.82) is 0 Å². The number of fused-ring (bicyclic) bond motifs is 3. The number of imidazole rings is 1. The van der Waals surface area contributed by atoms with Gasteiger partial charge in [0.2, 0.25) is 0 Å². The number of nitrogens with one attached hydrogen (secondary N) is 3. The number of hydrogen-bond acceptors (Lipinski definition) is 5. The molecule has 3 N–H and O–H groups in total. The normalized spacial score (nSPS) is 18.5. The summed E-state index contributed by atoms with van der Waals surface area (Å²) in [4.78, 5) is 30.1. The molecule has 2 aromatic heterocycles. The van der Waals surface area contributed by atoms with Crippen LogP contribution in [0, 0.1) is 5.92 Å². The van der Waals surface area contributed by atoms with Crippen LogP contribution in [0.4, 0.5) is 0 Å². The fourth-order valence-electron chi connectivity index (χ4n) is 3.97. The Bertz CT molecular complexity index is 1290. The highest BCUT2D eigenvalue weighted by Crippen LogP contribution is 2.30. The van der Waals surface area contributed by atoms with Crippen molar-refractivity contribution in [3.05, 3.63) is 59.8 Å². The first-order valence-electron chi connectivity index (χ1n) is 10.3. The van der Waals surface area contributed by atoms with E-state index in [1.165, 1.54) is 0 Å². The SMILES string of the molecule is CNC(=O)c1ccc(-c2cn3c(n2)sc2cc(C(=O)NC4CNC[C@H]4C)ccc23)cc1. The molecule has 0 spiro atoms. The molecule has 2 atom stereocenters. The van der Waals surface area contributed by atoms with Gasteiger partial charge in [0.05, 0.1) is 15.9 Å². The van der Waals surface area contributed by atoms with Crippen molar-refractivity contribution < 1.29 is 9.59 Å². The van der Waals surface area contributed by atoms with E-state index in [0.717, 1.165) is 39.5 Å². The molecule has 1 aliphatic heterocycles. The maximum absolute atomic E-state index is 12.7. The lowest BCUT2D eigenvalue weighted by atomic mass is 10.1. The van der Waals surface area contributed by atoms with E-state index in [1.807, 2.05) is 40.9 Å². The van der Waals surface area contributed by atoms with Crippen molar-refractivity contribution in [2.45, 2.75) is 13.0 Å². The Morgan fingerprint density at radius 3 is 2.58 bits per heavy atom. The van der Waals surface area contributed by atoms with Crippen molar-refractivity contribution in [2.75, 3.05) is 20.1 Å². The standard InChI is InChI=1S/C23H23N5O2S/c1-13-10-25-11-17(13)26-22(30)16-7-8-19-20(9-16)31-23-27-18(12-28(19)23)14-3-5-15(6-4-14)21(29)24-2/h3-9,12-13,17,25H,10-11H2,1-2H3,(H,24,29)(H,26,30)/t13-,17?/m1/s1. The van der Waals surface area contributed by atoms with Gasteiger partial charge in [0, 0.05) is 42.5 Å². The predicted molar refractivity (Wildman–Crippen MR) is 123 cm³/mol. The summed E-state index contributed by atoms with van der Waals surface area (Å²) in [6.45, 7) is 3.89. The fourth-order valence-corrected chi connectivity index (χ4v) is 5.02. The minimum absolute atomic E-state index is 0.0367. The summed E-state index contributed by atoms with van der Waals surface area (Å²) in [6, 6.07) is 13.4. The van der Waals surface area contributed by atoms with Gasteiger partial charge in [0.15, 0.2) is 4.96 Å². The monoisotopic (exact) mass is 433 g/mol. The largest absolute Gasteiger partial charge is 0.355 e. The zero-order valence-electron chi connectivity index (χ0n) is 17.3. The number of thiazole rings is 1. The van der Waals surface area contributed by atoms with Gasteiger partial charge in [-0.05, 0) is 42.8 Å². The third kappa shape index (κ3) is 3.58. The van der Waals surface area contributed by atoms with E-state index < -0.39 is 0 Å². The van der Waals surface area contributed by atoms with Crippen LogP contribution in [0.5, 0.6) is 0 Å². The van der Waals surface area contributed by atoms with Crippen LogP contribution in [0.1, 0.15) is 27.6 Å². The molecule has 2 amide bonds. The average Bonchev–Trinajstić information content (AvgIpc) is 3.47. The van der Waals surface area contributed by atoms with Crippen molar-refractivity contribution in [3.8, 4) is 11.3 Å². The van der Waals surface area contributed by atoms with Gasteiger partial charge in [0.25, 0.3) is 11.8 Å². The second kappa shape index (κ2) is 7.79. The van der Waals surface area contributed by atoms with Crippen molar-refractivity contribution in [1.82, 2.24) is 25.3 Å². The number of nitrogens with zero attached hydrogens (tertiary/aromatic N) is 2. The first kappa shape index (κ1) is 19.7. The van der Waals surface area contributed by atoms with E-state index in [9.17, 15) is 9.59 Å². The zero-order chi connectivity index (χ0) is 21.5. The molecule has 8 heteroatoms. The number of aromatic nitrogens is 2. The van der Waals surface area contributed by atoms with Crippen LogP contribution in [0.3, 0.4) is 0 Å². The second-order valence-electron chi connectivity index (χ2n) is 7.94. The zero-order valence-corrected chi connectivity index (χ0v) is 18.1. The molecule has 0 radical (unpaired) electrons. The number of rotatable bonds is 4. The number of carbonyl (C=O) groups is 2. The third-order valence-electron chi connectivity index (χ3n) is 5.86. The molecule has 2 aromatic carbocycles. The summed E-state index contributed by atoms with van der Waals surface area (Å²) in [6.07, 6.45) is 1.99. The first-order chi connectivity index (χ1) is 15.0. The third-order valence-corrected chi connectivity index (χ3v) is 6.88. The van der Waals surface area contributed by atoms with E-state index in [2.05, 4.69) is 22.9 Å².